The molecule has 0 saturated carbocycles. The number of thiazole rings is 1. The van der Waals surface area contributed by atoms with Crippen LogP contribution >= 0.6 is 11.3 Å². The number of aromatic nitrogens is 1. The van der Waals surface area contributed by atoms with E-state index in [1.165, 1.54) is 0 Å². The molecule has 1 atom stereocenters. The molecule has 1 aromatic heterocycles. The summed E-state index contributed by atoms with van der Waals surface area (Å²) in [6.07, 6.45) is 2.51. The van der Waals surface area contributed by atoms with Gasteiger partial charge in [0.05, 0.1) is 12.6 Å². The normalized spacial score (nSPS) is 12.7. The number of benzene rings is 1. The maximum atomic E-state index is 11.8. The summed E-state index contributed by atoms with van der Waals surface area (Å²) in [6, 6.07) is 7.97. The standard InChI is InChI=1S/C21H31N3O3S/c1-15(11-12-24(5)6)26-17-9-7-16(8-10-17)19-22-13-18(28-19)14-23-20(25)27-21(2,3)4/h7-10,13,15H,11-12,14H2,1-6H3,(H,23,25). The lowest BCUT2D eigenvalue weighted by Gasteiger charge is -2.19. The fraction of sp³-hybridized carbons (Fsp3) is 0.524. The van der Waals surface area contributed by atoms with Gasteiger partial charge in [-0.15, -0.1) is 11.3 Å². The van der Waals surface area contributed by atoms with Crippen LogP contribution in [-0.2, 0) is 11.3 Å². The van der Waals surface area contributed by atoms with Gasteiger partial charge < -0.3 is 19.7 Å². The van der Waals surface area contributed by atoms with E-state index in [-0.39, 0.29) is 6.10 Å². The Morgan fingerprint density at radius 2 is 1.93 bits per heavy atom. The Morgan fingerprint density at radius 3 is 2.54 bits per heavy atom. The highest BCUT2D eigenvalue weighted by atomic mass is 32.1. The zero-order valence-corrected chi connectivity index (χ0v) is 18.4. The lowest BCUT2D eigenvalue weighted by molar-refractivity contribution is 0.0524. The SMILES string of the molecule is CC(CCN(C)C)Oc1ccc(-c2ncc(CNC(=O)OC(C)(C)C)s2)cc1. The summed E-state index contributed by atoms with van der Waals surface area (Å²) in [5.41, 5.74) is 0.526. The molecule has 154 valence electrons. The van der Waals surface area contributed by atoms with Crippen LogP contribution in [0.5, 0.6) is 5.75 Å². The van der Waals surface area contributed by atoms with Gasteiger partial charge in [-0.3, -0.25) is 0 Å². The number of nitrogens with one attached hydrogen (secondary N) is 1. The zero-order chi connectivity index (χ0) is 20.7. The van der Waals surface area contributed by atoms with E-state index in [0.29, 0.717) is 6.54 Å². The Balaban J connectivity index is 1.88. The van der Waals surface area contributed by atoms with Crippen LogP contribution in [0, 0.1) is 0 Å². The second-order valence-corrected chi connectivity index (χ2v) is 9.15. The van der Waals surface area contributed by atoms with Crippen LogP contribution in [0.1, 0.15) is 39.0 Å². The molecule has 0 fully saturated rings. The van der Waals surface area contributed by atoms with Gasteiger partial charge in [-0.25, -0.2) is 9.78 Å². The molecule has 1 amide bonds. The minimum atomic E-state index is -0.503. The molecule has 6 nitrogen and oxygen atoms in total. The van der Waals surface area contributed by atoms with E-state index in [0.717, 1.165) is 34.2 Å². The number of carbonyl (C=O) groups is 1. The van der Waals surface area contributed by atoms with Gasteiger partial charge in [0, 0.05) is 23.2 Å². The van der Waals surface area contributed by atoms with E-state index in [2.05, 4.69) is 36.2 Å². The molecule has 0 bridgehead atoms. The fourth-order valence-corrected chi connectivity index (χ4v) is 3.26. The number of carbonyl (C=O) groups excluding carboxylic acids is 1. The first-order valence-corrected chi connectivity index (χ1v) is 10.3. The van der Waals surface area contributed by atoms with Crippen molar-refractivity contribution < 1.29 is 14.3 Å². The average molecular weight is 406 g/mol. The fourth-order valence-electron chi connectivity index (χ4n) is 2.40. The highest BCUT2D eigenvalue weighted by Crippen LogP contribution is 2.27. The van der Waals surface area contributed by atoms with Crippen molar-refractivity contribution in [3.05, 3.63) is 35.3 Å². The van der Waals surface area contributed by atoms with Crippen LogP contribution < -0.4 is 10.1 Å². The van der Waals surface area contributed by atoms with Crippen molar-refractivity contribution in [2.45, 2.75) is 52.4 Å². The molecule has 1 aromatic carbocycles. The molecule has 0 aliphatic carbocycles. The van der Waals surface area contributed by atoms with Crippen LogP contribution in [0.3, 0.4) is 0 Å². The molecule has 0 aliphatic heterocycles. The zero-order valence-electron chi connectivity index (χ0n) is 17.6. The summed E-state index contributed by atoms with van der Waals surface area (Å²) in [5, 5.41) is 3.67. The van der Waals surface area contributed by atoms with Crippen molar-refractivity contribution >= 4 is 17.4 Å². The lowest BCUT2D eigenvalue weighted by Crippen LogP contribution is -2.31. The summed E-state index contributed by atoms with van der Waals surface area (Å²) in [5.74, 6) is 0.860. The van der Waals surface area contributed by atoms with E-state index < -0.39 is 11.7 Å². The minimum Gasteiger partial charge on any atom is -0.491 e. The maximum Gasteiger partial charge on any atom is 0.407 e. The van der Waals surface area contributed by atoms with Gasteiger partial charge in [-0.2, -0.15) is 0 Å². The molecule has 28 heavy (non-hydrogen) atoms. The topological polar surface area (TPSA) is 63.7 Å². The third-order valence-corrected chi connectivity index (χ3v) is 4.83. The second-order valence-electron chi connectivity index (χ2n) is 8.03. The molecular formula is C21H31N3O3S. The molecule has 1 N–H and O–H groups in total. The molecule has 7 heteroatoms. The summed E-state index contributed by atoms with van der Waals surface area (Å²) in [6.45, 7) is 9.01. The Labute approximate surface area is 171 Å². The summed E-state index contributed by atoms with van der Waals surface area (Å²) < 4.78 is 11.2. The Bertz CT molecular complexity index is 751. The van der Waals surface area contributed by atoms with Crippen LogP contribution in [0.4, 0.5) is 4.79 Å². The molecule has 0 aliphatic rings. The maximum absolute atomic E-state index is 11.8. The molecule has 1 heterocycles. The Morgan fingerprint density at radius 1 is 1.25 bits per heavy atom. The van der Waals surface area contributed by atoms with Gasteiger partial charge in [-0.05, 0) is 72.5 Å². The van der Waals surface area contributed by atoms with E-state index in [1.54, 1.807) is 17.5 Å². The van der Waals surface area contributed by atoms with E-state index in [9.17, 15) is 4.79 Å². The molecule has 1 unspecified atom stereocenters. The van der Waals surface area contributed by atoms with Crippen molar-refractivity contribution in [3.63, 3.8) is 0 Å². The van der Waals surface area contributed by atoms with E-state index in [1.807, 2.05) is 45.0 Å². The quantitative estimate of drug-likeness (QED) is 0.698. The lowest BCUT2D eigenvalue weighted by atomic mass is 10.2. The van der Waals surface area contributed by atoms with Crippen LogP contribution in [0.25, 0.3) is 10.6 Å². The number of amides is 1. The number of ether oxygens (including phenoxy) is 2. The highest BCUT2D eigenvalue weighted by Gasteiger charge is 2.16. The third-order valence-electron chi connectivity index (χ3n) is 3.78. The molecule has 0 radical (unpaired) electrons. The predicted octanol–water partition coefficient (Wildman–Crippen LogP) is 4.55. The Kier molecular flexibility index (Phi) is 7.83. The van der Waals surface area contributed by atoms with Gasteiger partial charge in [0.25, 0.3) is 0 Å². The van der Waals surface area contributed by atoms with Crippen LogP contribution in [0.15, 0.2) is 30.5 Å². The van der Waals surface area contributed by atoms with Crippen molar-refractivity contribution in [1.29, 1.82) is 0 Å². The Hall–Kier alpha value is -2.12. The molecule has 2 rings (SSSR count). The number of alkyl carbamates (subject to hydrolysis) is 1. The monoisotopic (exact) mass is 405 g/mol. The smallest absolute Gasteiger partial charge is 0.407 e. The van der Waals surface area contributed by atoms with Gasteiger partial charge in [-0.1, -0.05) is 0 Å². The summed E-state index contributed by atoms with van der Waals surface area (Å²) >= 11 is 1.55. The van der Waals surface area contributed by atoms with Crippen LogP contribution in [-0.4, -0.2) is 48.3 Å². The van der Waals surface area contributed by atoms with Gasteiger partial charge in [0.15, 0.2) is 0 Å². The third kappa shape index (κ3) is 7.86. The molecule has 0 saturated heterocycles. The predicted molar refractivity (Wildman–Crippen MR) is 114 cm³/mol. The first-order chi connectivity index (χ1) is 13.1. The first-order valence-electron chi connectivity index (χ1n) is 9.46. The average Bonchev–Trinajstić information content (AvgIpc) is 3.06. The van der Waals surface area contributed by atoms with E-state index >= 15 is 0 Å². The van der Waals surface area contributed by atoms with Gasteiger partial charge in [0.1, 0.15) is 16.4 Å². The van der Waals surface area contributed by atoms with Crippen LogP contribution in [0.2, 0.25) is 0 Å². The molecular weight excluding hydrogens is 374 g/mol. The second kappa shape index (κ2) is 9.89. The number of hydrogen-bond donors (Lipinski definition) is 1. The summed E-state index contributed by atoms with van der Waals surface area (Å²) in [7, 11) is 4.12. The first kappa shape index (κ1) is 22.2. The van der Waals surface area contributed by atoms with E-state index in [4.69, 9.17) is 9.47 Å². The van der Waals surface area contributed by atoms with Crippen molar-refractivity contribution in [1.82, 2.24) is 15.2 Å². The minimum absolute atomic E-state index is 0.165. The van der Waals surface area contributed by atoms with Crippen molar-refractivity contribution in [2.75, 3.05) is 20.6 Å². The number of nitrogens with zero attached hydrogens (tertiary/aromatic N) is 2. The van der Waals surface area contributed by atoms with Crippen molar-refractivity contribution in [2.24, 2.45) is 0 Å². The molecule has 2 aromatic rings. The summed E-state index contributed by atoms with van der Waals surface area (Å²) in [4.78, 5) is 19.3. The van der Waals surface area contributed by atoms with Gasteiger partial charge >= 0.3 is 6.09 Å². The number of hydrogen-bond acceptors (Lipinski definition) is 6. The highest BCUT2D eigenvalue weighted by molar-refractivity contribution is 7.15. The largest absolute Gasteiger partial charge is 0.491 e. The van der Waals surface area contributed by atoms with Gasteiger partial charge in [0.2, 0.25) is 0 Å². The van der Waals surface area contributed by atoms with Crippen molar-refractivity contribution in [3.8, 4) is 16.3 Å². The molecule has 0 spiro atoms. The number of rotatable bonds is 8.